The number of allylic oxidation sites excluding steroid dienone is 1. The van der Waals surface area contributed by atoms with Gasteiger partial charge in [-0.1, -0.05) is 6.08 Å². The Morgan fingerprint density at radius 3 is 2.71 bits per heavy atom. The highest BCUT2D eigenvalue weighted by atomic mass is 15.2. The van der Waals surface area contributed by atoms with Gasteiger partial charge < -0.3 is 10.3 Å². The molecular weight excluding hydrogens is 178 g/mol. The molecule has 2 N–H and O–H groups in total. The molecule has 0 saturated carbocycles. The SMILES string of the molecule is C=CCCn1c(N)nc(C#N)c1C#N. The van der Waals surface area contributed by atoms with Crippen LogP contribution in [0.1, 0.15) is 17.8 Å². The number of nitrogens with zero attached hydrogens (tertiary/aromatic N) is 4. The maximum Gasteiger partial charge on any atom is 0.202 e. The summed E-state index contributed by atoms with van der Waals surface area (Å²) in [7, 11) is 0. The third kappa shape index (κ3) is 1.57. The van der Waals surface area contributed by atoms with Crippen LogP contribution in [-0.4, -0.2) is 9.55 Å². The molecule has 0 atom stereocenters. The molecule has 1 aromatic heterocycles. The zero-order valence-corrected chi connectivity index (χ0v) is 7.56. The Balaban J connectivity index is 3.15. The molecule has 0 spiro atoms. The number of anilines is 1. The van der Waals surface area contributed by atoms with E-state index in [9.17, 15) is 0 Å². The molecule has 0 amide bonds. The third-order valence-electron chi connectivity index (χ3n) is 1.77. The molecule has 70 valence electrons. The first-order chi connectivity index (χ1) is 6.74. The van der Waals surface area contributed by atoms with Gasteiger partial charge in [-0.15, -0.1) is 6.58 Å². The number of hydrogen-bond donors (Lipinski definition) is 1. The van der Waals surface area contributed by atoms with Crippen LogP contribution in [0.4, 0.5) is 5.95 Å². The fourth-order valence-electron chi connectivity index (χ4n) is 1.11. The smallest absolute Gasteiger partial charge is 0.202 e. The summed E-state index contributed by atoms with van der Waals surface area (Å²) in [4.78, 5) is 3.78. The summed E-state index contributed by atoms with van der Waals surface area (Å²) in [5.41, 5.74) is 5.84. The number of aromatic nitrogens is 2. The maximum atomic E-state index is 8.80. The Morgan fingerprint density at radius 1 is 1.50 bits per heavy atom. The lowest BCUT2D eigenvalue weighted by molar-refractivity contribution is 0.712. The van der Waals surface area contributed by atoms with Crippen LogP contribution in [0.25, 0.3) is 0 Å². The third-order valence-corrected chi connectivity index (χ3v) is 1.77. The van der Waals surface area contributed by atoms with Gasteiger partial charge in [0, 0.05) is 6.54 Å². The van der Waals surface area contributed by atoms with Crippen LogP contribution in [0.2, 0.25) is 0 Å². The first-order valence-electron chi connectivity index (χ1n) is 4.01. The van der Waals surface area contributed by atoms with Crippen LogP contribution in [0, 0.1) is 22.7 Å². The Morgan fingerprint density at radius 2 is 2.21 bits per heavy atom. The molecule has 0 bridgehead atoms. The fraction of sp³-hybridized carbons (Fsp3) is 0.222. The van der Waals surface area contributed by atoms with E-state index in [1.165, 1.54) is 4.57 Å². The van der Waals surface area contributed by atoms with Gasteiger partial charge >= 0.3 is 0 Å². The minimum atomic E-state index is 0.0778. The standard InChI is InChI=1S/C9H9N5/c1-2-3-4-14-8(6-11)7(5-10)13-9(14)12/h2H,1,3-4H2,(H2,12,13). The number of imidazole rings is 1. The lowest BCUT2D eigenvalue weighted by atomic mass is 10.3. The van der Waals surface area contributed by atoms with Crippen molar-refractivity contribution in [1.29, 1.82) is 10.5 Å². The molecule has 0 aromatic carbocycles. The number of nitriles is 2. The minimum absolute atomic E-state index is 0.0778. The van der Waals surface area contributed by atoms with E-state index in [1.54, 1.807) is 6.08 Å². The van der Waals surface area contributed by atoms with E-state index in [0.717, 1.165) is 0 Å². The zero-order chi connectivity index (χ0) is 10.6. The van der Waals surface area contributed by atoms with Crippen molar-refractivity contribution in [2.75, 3.05) is 5.73 Å². The summed E-state index contributed by atoms with van der Waals surface area (Å²) >= 11 is 0. The van der Waals surface area contributed by atoms with Gasteiger partial charge in [0.2, 0.25) is 5.95 Å². The van der Waals surface area contributed by atoms with Crippen LogP contribution in [0.3, 0.4) is 0 Å². The molecule has 1 aromatic rings. The van der Waals surface area contributed by atoms with E-state index in [4.69, 9.17) is 16.3 Å². The molecule has 0 saturated heterocycles. The van der Waals surface area contributed by atoms with Gasteiger partial charge in [-0.2, -0.15) is 10.5 Å². The van der Waals surface area contributed by atoms with Crippen molar-refractivity contribution in [3.05, 3.63) is 24.0 Å². The van der Waals surface area contributed by atoms with Gasteiger partial charge in [0.25, 0.3) is 0 Å². The fourth-order valence-corrected chi connectivity index (χ4v) is 1.11. The molecule has 0 fully saturated rings. The Kier molecular flexibility index (Phi) is 2.88. The van der Waals surface area contributed by atoms with Gasteiger partial charge in [-0.25, -0.2) is 4.98 Å². The highest BCUT2D eigenvalue weighted by Crippen LogP contribution is 2.12. The molecule has 1 rings (SSSR count). The normalized spacial score (nSPS) is 9.00. The molecule has 0 aliphatic rings. The highest BCUT2D eigenvalue weighted by molar-refractivity contribution is 5.43. The van der Waals surface area contributed by atoms with Crippen LogP contribution in [-0.2, 0) is 6.54 Å². The maximum absolute atomic E-state index is 8.80. The largest absolute Gasteiger partial charge is 0.369 e. The van der Waals surface area contributed by atoms with Gasteiger partial charge in [-0.3, -0.25) is 0 Å². The van der Waals surface area contributed by atoms with Crippen molar-refractivity contribution in [2.45, 2.75) is 13.0 Å². The number of rotatable bonds is 3. The summed E-state index contributed by atoms with van der Waals surface area (Å²) in [5, 5.41) is 17.5. The van der Waals surface area contributed by atoms with E-state index in [2.05, 4.69) is 11.6 Å². The number of nitrogen functional groups attached to an aromatic ring is 1. The predicted molar refractivity (Wildman–Crippen MR) is 50.9 cm³/mol. The molecular formula is C9H9N5. The number of nitrogens with two attached hydrogens (primary N) is 1. The van der Waals surface area contributed by atoms with Crippen molar-refractivity contribution < 1.29 is 0 Å². The van der Waals surface area contributed by atoms with Crippen LogP contribution in [0.15, 0.2) is 12.7 Å². The van der Waals surface area contributed by atoms with Gasteiger partial charge in [-0.05, 0) is 6.42 Å². The Hall–Kier alpha value is -2.27. The summed E-state index contributed by atoms with van der Waals surface area (Å²) in [6.45, 7) is 4.09. The van der Waals surface area contributed by atoms with E-state index in [0.29, 0.717) is 13.0 Å². The molecule has 0 aliphatic carbocycles. The quantitative estimate of drug-likeness (QED) is 0.708. The van der Waals surface area contributed by atoms with Gasteiger partial charge in [0.1, 0.15) is 12.1 Å². The Labute approximate surface area is 81.7 Å². The van der Waals surface area contributed by atoms with Crippen molar-refractivity contribution in [3.63, 3.8) is 0 Å². The molecule has 5 heteroatoms. The second kappa shape index (κ2) is 4.11. The van der Waals surface area contributed by atoms with Crippen LogP contribution >= 0.6 is 0 Å². The molecule has 0 unspecified atom stereocenters. The lowest BCUT2D eigenvalue weighted by Crippen LogP contribution is -2.05. The van der Waals surface area contributed by atoms with Gasteiger partial charge in [0.15, 0.2) is 11.4 Å². The second-order valence-corrected chi connectivity index (χ2v) is 2.62. The topological polar surface area (TPSA) is 91.4 Å². The lowest BCUT2D eigenvalue weighted by Gasteiger charge is -2.02. The molecule has 0 radical (unpaired) electrons. The average molecular weight is 187 g/mol. The Bertz CT molecular complexity index is 429. The van der Waals surface area contributed by atoms with E-state index in [1.807, 2.05) is 12.1 Å². The first kappa shape index (κ1) is 9.82. The summed E-state index contributed by atoms with van der Waals surface area (Å²) in [5.74, 6) is 0.194. The van der Waals surface area contributed by atoms with Crippen molar-refractivity contribution in [3.8, 4) is 12.1 Å². The van der Waals surface area contributed by atoms with E-state index < -0.39 is 0 Å². The van der Waals surface area contributed by atoms with Crippen LogP contribution < -0.4 is 5.73 Å². The number of hydrogen-bond acceptors (Lipinski definition) is 4. The monoisotopic (exact) mass is 187 g/mol. The van der Waals surface area contributed by atoms with Gasteiger partial charge in [0.05, 0.1) is 0 Å². The summed E-state index contributed by atoms with van der Waals surface area (Å²) in [6, 6.07) is 3.73. The van der Waals surface area contributed by atoms with E-state index in [-0.39, 0.29) is 17.3 Å². The minimum Gasteiger partial charge on any atom is -0.369 e. The molecule has 14 heavy (non-hydrogen) atoms. The van der Waals surface area contributed by atoms with E-state index >= 15 is 0 Å². The summed E-state index contributed by atoms with van der Waals surface area (Å²) < 4.78 is 1.51. The molecule has 0 aliphatic heterocycles. The van der Waals surface area contributed by atoms with Crippen molar-refractivity contribution in [2.24, 2.45) is 0 Å². The average Bonchev–Trinajstić information content (AvgIpc) is 2.51. The summed E-state index contributed by atoms with van der Waals surface area (Å²) in [6.07, 6.45) is 2.40. The second-order valence-electron chi connectivity index (χ2n) is 2.62. The zero-order valence-electron chi connectivity index (χ0n) is 7.56. The van der Waals surface area contributed by atoms with Crippen LogP contribution in [0.5, 0.6) is 0 Å². The predicted octanol–water partition coefficient (Wildman–Crippen LogP) is 0.785. The first-order valence-corrected chi connectivity index (χ1v) is 4.01. The van der Waals surface area contributed by atoms with Crippen molar-refractivity contribution in [1.82, 2.24) is 9.55 Å². The highest BCUT2D eigenvalue weighted by Gasteiger charge is 2.13. The molecule has 1 heterocycles. The van der Waals surface area contributed by atoms with Crippen molar-refractivity contribution >= 4 is 5.95 Å². The molecule has 5 nitrogen and oxygen atoms in total.